The molecule has 0 spiro atoms. The Balaban J connectivity index is 1.51. The molecule has 0 unspecified atom stereocenters. The molecule has 9 nitrogen and oxygen atoms in total. The van der Waals surface area contributed by atoms with E-state index in [1.54, 1.807) is 43.0 Å². The number of rotatable bonds is 5. The predicted octanol–water partition coefficient (Wildman–Crippen LogP) is 3.45. The summed E-state index contributed by atoms with van der Waals surface area (Å²) >= 11 is 0. The second-order valence-corrected chi connectivity index (χ2v) is 6.11. The van der Waals surface area contributed by atoms with E-state index in [4.69, 9.17) is 9.47 Å². The Morgan fingerprint density at radius 1 is 0.931 bits per heavy atom. The molecule has 0 saturated carbocycles. The molecule has 0 aliphatic heterocycles. The normalized spacial score (nSPS) is 10.6. The van der Waals surface area contributed by atoms with Gasteiger partial charge in [0.2, 0.25) is 0 Å². The standard InChI is InChI=1S/C20H18N6O3/c1-28-16-9-15(10-17(11-16)29-2)23-20(27)22-14-5-3-4-13(8-14)18-6-7-19-24-21-12-26(19)25-18/h3-12H,1-2H3,(H2,22,23,27). The number of carbonyl (C=O) groups excluding carboxylic acids is 1. The number of anilines is 2. The summed E-state index contributed by atoms with van der Waals surface area (Å²) in [6.45, 7) is 0. The van der Waals surface area contributed by atoms with Crippen LogP contribution in [0.5, 0.6) is 11.5 Å². The van der Waals surface area contributed by atoms with Crippen molar-refractivity contribution >= 4 is 23.1 Å². The van der Waals surface area contributed by atoms with Crippen LogP contribution in [0.1, 0.15) is 0 Å². The van der Waals surface area contributed by atoms with Crippen LogP contribution < -0.4 is 20.1 Å². The van der Waals surface area contributed by atoms with E-state index in [0.717, 1.165) is 11.3 Å². The zero-order chi connectivity index (χ0) is 20.2. The molecule has 0 saturated heterocycles. The summed E-state index contributed by atoms with van der Waals surface area (Å²) in [7, 11) is 3.10. The summed E-state index contributed by atoms with van der Waals surface area (Å²) < 4.78 is 12.0. The molecule has 2 heterocycles. The fraction of sp³-hybridized carbons (Fsp3) is 0.100. The van der Waals surface area contributed by atoms with Crippen LogP contribution in [0.2, 0.25) is 0 Å². The van der Waals surface area contributed by atoms with Crippen LogP contribution in [0.15, 0.2) is 60.9 Å². The maximum atomic E-state index is 12.4. The highest BCUT2D eigenvalue weighted by Crippen LogP contribution is 2.26. The first-order valence-electron chi connectivity index (χ1n) is 8.73. The summed E-state index contributed by atoms with van der Waals surface area (Å²) in [4.78, 5) is 12.4. The van der Waals surface area contributed by atoms with Crippen molar-refractivity contribution in [3.8, 4) is 22.8 Å². The van der Waals surface area contributed by atoms with Crippen LogP contribution >= 0.6 is 0 Å². The molecule has 0 bridgehead atoms. The molecule has 9 heteroatoms. The van der Waals surface area contributed by atoms with Crippen molar-refractivity contribution in [2.24, 2.45) is 0 Å². The number of nitrogens with zero attached hydrogens (tertiary/aromatic N) is 4. The van der Waals surface area contributed by atoms with Crippen LogP contribution in [0.3, 0.4) is 0 Å². The highest BCUT2D eigenvalue weighted by Gasteiger charge is 2.08. The van der Waals surface area contributed by atoms with Gasteiger partial charge in [-0.05, 0) is 24.3 Å². The first-order chi connectivity index (χ1) is 14.1. The number of aromatic nitrogens is 4. The number of ether oxygens (including phenoxy) is 2. The van der Waals surface area contributed by atoms with Gasteiger partial charge in [0.05, 0.1) is 19.9 Å². The molecule has 0 aliphatic rings. The van der Waals surface area contributed by atoms with Gasteiger partial charge in [-0.25, -0.2) is 4.79 Å². The van der Waals surface area contributed by atoms with Gasteiger partial charge >= 0.3 is 6.03 Å². The monoisotopic (exact) mass is 390 g/mol. The van der Waals surface area contributed by atoms with E-state index in [1.807, 2.05) is 30.3 Å². The summed E-state index contributed by atoms with van der Waals surface area (Å²) in [5, 5.41) is 17.8. The third-order valence-corrected chi connectivity index (χ3v) is 4.19. The Morgan fingerprint density at radius 2 is 1.69 bits per heavy atom. The Morgan fingerprint density at radius 3 is 2.45 bits per heavy atom. The Hall–Kier alpha value is -4.14. The number of methoxy groups -OCH3 is 2. The average Bonchev–Trinajstić information content (AvgIpc) is 3.21. The van der Waals surface area contributed by atoms with Crippen molar-refractivity contribution in [3.63, 3.8) is 0 Å². The van der Waals surface area contributed by atoms with Crippen molar-refractivity contribution in [2.75, 3.05) is 24.9 Å². The minimum Gasteiger partial charge on any atom is -0.497 e. The van der Waals surface area contributed by atoms with Gasteiger partial charge in [-0.1, -0.05) is 12.1 Å². The van der Waals surface area contributed by atoms with Crippen LogP contribution in [-0.4, -0.2) is 40.1 Å². The highest BCUT2D eigenvalue weighted by atomic mass is 16.5. The summed E-state index contributed by atoms with van der Waals surface area (Å²) in [5.74, 6) is 1.16. The first-order valence-corrected chi connectivity index (χ1v) is 8.73. The summed E-state index contributed by atoms with van der Waals surface area (Å²) in [6, 6.07) is 15.8. The molecule has 29 heavy (non-hydrogen) atoms. The van der Waals surface area contributed by atoms with E-state index in [0.29, 0.717) is 28.5 Å². The summed E-state index contributed by atoms with van der Waals surface area (Å²) in [5.41, 5.74) is 3.42. The summed E-state index contributed by atoms with van der Waals surface area (Å²) in [6.07, 6.45) is 1.54. The van der Waals surface area contributed by atoms with Crippen LogP contribution in [0.4, 0.5) is 16.2 Å². The van der Waals surface area contributed by atoms with E-state index in [1.165, 1.54) is 6.33 Å². The van der Waals surface area contributed by atoms with Gasteiger partial charge in [-0.15, -0.1) is 10.2 Å². The van der Waals surface area contributed by atoms with Gasteiger partial charge in [0, 0.05) is 35.1 Å². The molecule has 2 amide bonds. The van der Waals surface area contributed by atoms with Crippen molar-refractivity contribution < 1.29 is 14.3 Å². The lowest BCUT2D eigenvalue weighted by Gasteiger charge is -2.11. The third-order valence-electron chi connectivity index (χ3n) is 4.19. The molecule has 4 rings (SSSR count). The van der Waals surface area contributed by atoms with Crippen molar-refractivity contribution in [3.05, 3.63) is 60.9 Å². The molecular formula is C20H18N6O3. The molecule has 2 N–H and O–H groups in total. The molecule has 0 radical (unpaired) electrons. The molecule has 2 aromatic carbocycles. The Bertz CT molecular complexity index is 1150. The number of hydrogen-bond donors (Lipinski definition) is 2. The molecule has 0 fully saturated rings. The van der Waals surface area contributed by atoms with E-state index >= 15 is 0 Å². The Kier molecular flexibility index (Phi) is 4.93. The zero-order valence-electron chi connectivity index (χ0n) is 15.8. The molecule has 146 valence electrons. The predicted molar refractivity (Wildman–Crippen MR) is 108 cm³/mol. The lowest BCUT2D eigenvalue weighted by atomic mass is 10.1. The van der Waals surface area contributed by atoms with Crippen LogP contribution in [-0.2, 0) is 0 Å². The number of benzene rings is 2. The number of urea groups is 1. The van der Waals surface area contributed by atoms with Crippen molar-refractivity contribution in [1.29, 1.82) is 0 Å². The van der Waals surface area contributed by atoms with E-state index in [2.05, 4.69) is 25.9 Å². The van der Waals surface area contributed by atoms with Crippen molar-refractivity contribution in [1.82, 2.24) is 19.8 Å². The largest absolute Gasteiger partial charge is 0.497 e. The van der Waals surface area contributed by atoms with Crippen LogP contribution in [0.25, 0.3) is 16.9 Å². The average molecular weight is 390 g/mol. The van der Waals surface area contributed by atoms with E-state index in [-0.39, 0.29) is 6.03 Å². The zero-order valence-corrected chi connectivity index (χ0v) is 15.8. The van der Waals surface area contributed by atoms with Crippen molar-refractivity contribution in [2.45, 2.75) is 0 Å². The fourth-order valence-corrected chi connectivity index (χ4v) is 2.81. The smallest absolute Gasteiger partial charge is 0.323 e. The number of carbonyl (C=O) groups is 1. The first kappa shape index (κ1) is 18.2. The van der Waals surface area contributed by atoms with Gasteiger partial charge in [0.15, 0.2) is 5.65 Å². The van der Waals surface area contributed by atoms with Gasteiger partial charge in [0.1, 0.15) is 17.8 Å². The van der Waals surface area contributed by atoms with Gasteiger partial charge in [-0.3, -0.25) is 0 Å². The minimum atomic E-state index is -0.389. The SMILES string of the molecule is COc1cc(NC(=O)Nc2cccc(-c3ccc4nncn4n3)c2)cc(OC)c1. The van der Waals surface area contributed by atoms with Crippen LogP contribution in [0, 0.1) is 0 Å². The maximum Gasteiger partial charge on any atom is 0.323 e. The fourth-order valence-electron chi connectivity index (χ4n) is 2.81. The van der Waals surface area contributed by atoms with E-state index < -0.39 is 0 Å². The number of hydrogen-bond acceptors (Lipinski definition) is 6. The number of nitrogens with one attached hydrogen (secondary N) is 2. The maximum absolute atomic E-state index is 12.4. The minimum absolute atomic E-state index is 0.389. The molecule has 2 aromatic heterocycles. The van der Waals surface area contributed by atoms with Gasteiger partial charge in [0.25, 0.3) is 0 Å². The molecule has 4 aromatic rings. The molecule has 0 aliphatic carbocycles. The highest BCUT2D eigenvalue weighted by molar-refractivity contribution is 6.00. The molecular weight excluding hydrogens is 372 g/mol. The third kappa shape index (κ3) is 4.08. The number of amides is 2. The topological polar surface area (TPSA) is 103 Å². The lowest BCUT2D eigenvalue weighted by molar-refractivity contribution is 0.262. The van der Waals surface area contributed by atoms with E-state index in [9.17, 15) is 4.79 Å². The quantitative estimate of drug-likeness (QED) is 0.541. The second kappa shape index (κ2) is 7.85. The molecule has 0 atom stereocenters. The number of fused-ring (bicyclic) bond motifs is 1. The van der Waals surface area contributed by atoms with Gasteiger partial charge < -0.3 is 20.1 Å². The Labute approximate surface area is 166 Å². The lowest BCUT2D eigenvalue weighted by Crippen LogP contribution is -2.19. The second-order valence-electron chi connectivity index (χ2n) is 6.11. The van der Waals surface area contributed by atoms with Gasteiger partial charge in [-0.2, -0.15) is 9.61 Å².